The highest BCUT2D eigenvalue weighted by molar-refractivity contribution is 6.31. The van der Waals surface area contributed by atoms with Crippen LogP contribution in [0.5, 0.6) is 0 Å². The molecule has 0 amide bonds. The lowest BCUT2D eigenvalue weighted by atomic mass is 10.1. The smallest absolute Gasteiger partial charge is 0.182 e. The first-order chi connectivity index (χ1) is 8.70. The monoisotopic (exact) mass is 258 g/mol. The number of hydrogen-bond donors (Lipinski definition) is 1. The van der Waals surface area contributed by atoms with E-state index in [4.69, 9.17) is 16.9 Å². The van der Waals surface area contributed by atoms with Crippen LogP contribution in [0.25, 0.3) is 0 Å². The molecule has 0 spiro atoms. The molecule has 0 unspecified atom stereocenters. The Labute approximate surface area is 110 Å². The molecule has 90 valence electrons. The number of nitriles is 1. The lowest BCUT2D eigenvalue weighted by Crippen LogP contribution is -2.04. The van der Waals surface area contributed by atoms with E-state index in [9.17, 15) is 0 Å². The van der Waals surface area contributed by atoms with Crippen molar-refractivity contribution in [2.24, 2.45) is 0 Å². The number of benzene rings is 1. The van der Waals surface area contributed by atoms with E-state index in [0.29, 0.717) is 18.1 Å². The number of nitrogens with one attached hydrogen (secondary N) is 1. The Balaban J connectivity index is 2.12. The molecule has 0 aliphatic heterocycles. The summed E-state index contributed by atoms with van der Waals surface area (Å²) in [6, 6.07) is 7.79. The minimum absolute atomic E-state index is 0.295. The zero-order chi connectivity index (χ0) is 13.0. The van der Waals surface area contributed by atoms with Crippen LogP contribution in [0.4, 0.5) is 5.82 Å². The van der Waals surface area contributed by atoms with Crippen molar-refractivity contribution in [1.82, 2.24) is 9.97 Å². The summed E-state index contributed by atoms with van der Waals surface area (Å²) in [6.07, 6.45) is 3.05. The van der Waals surface area contributed by atoms with Crippen LogP contribution in [0.15, 0.2) is 30.6 Å². The maximum absolute atomic E-state index is 8.89. The molecule has 0 saturated carbocycles. The fourth-order valence-corrected chi connectivity index (χ4v) is 1.67. The Kier molecular flexibility index (Phi) is 3.75. The van der Waals surface area contributed by atoms with Gasteiger partial charge in [0.25, 0.3) is 0 Å². The van der Waals surface area contributed by atoms with Gasteiger partial charge in [-0.05, 0) is 24.1 Å². The topological polar surface area (TPSA) is 61.6 Å². The van der Waals surface area contributed by atoms with Gasteiger partial charge in [0.15, 0.2) is 11.5 Å². The van der Waals surface area contributed by atoms with Crippen LogP contribution in [-0.2, 0) is 6.54 Å². The van der Waals surface area contributed by atoms with Crippen molar-refractivity contribution in [3.63, 3.8) is 0 Å². The molecule has 5 heteroatoms. The number of hydrogen-bond acceptors (Lipinski definition) is 4. The maximum atomic E-state index is 8.89. The lowest BCUT2D eigenvalue weighted by molar-refractivity contribution is 1.07. The zero-order valence-electron chi connectivity index (χ0n) is 9.81. The number of aryl methyl sites for hydroxylation is 1. The Morgan fingerprint density at radius 1 is 1.33 bits per heavy atom. The average Bonchev–Trinajstić information content (AvgIpc) is 2.40. The molecule has 0 fully saturated rings. The molecular weight excluding hydrogens is 248 g/mol. The summed E-state index contributed by atoms with van der Waals surface area (Å²) >= 11 is 5.96. The minimum atomic E-state index is 0.295. The molecule has 0 radical (unpaired) electrons. The molecule has 0 aliphatic carbocycles. The first-order valence-corrected chi connectivity index (χ1v) is 5.78. The van der Waals surface area contributed by atoms with Crippen LogP contribution in [-0.4, -0.2) is 9.97 Å². The van der Waals surface area contributed by atoms with Crippen molar-refractivity contribution in [2.45, 2.75) is 13.5 Å². The Bertz CT molecular complexity index is 604. The van der Waals surface area contributed by atoms with Crippen LogP contribution in [0.1, 0.15) is 16.8 Å². The third kappa shape index (κ3) is 2.76. The van der Waals surface area contributed by atoms with Crippen LogP contribution in [0, 0.1) is 18.3 Å². The molecule has 18 heavy (non-hydrogen) atoms. The van der Waals surface area contributed by atoms with E-state index >= 15 is 0 Å². The normalized spacial score (nSPS) is 9.83. The summed E-state index contributed by atoms with van der Waals surface area (Å²) in [5.74, 6) is 0.493. The second kappa shape index (κ2) is 5.48. The third-order valence-corrected chi connectivity index (χ3v) is 2.91. The molecule has 1 aromatic carbocycles. The molecule has 4 nitrogen and oxygen atoms in total. The van der Waals surface area contributed by atoms with E-state index in [1.54, 1.807) is 6.20 Å². The van der Waals surface area contributed by atoms with Crippen molar-refractivity contribution in [2.75, 3.05) is 5.32 Å². The van der Waals surface area contributed by atoms with Crippen molar-refractivity contribution in [3.05, 3.63) is 52.4 Å². The molecule has 1 N–H and O–H groups in total. The number of halogens is 1. The van der Waals surface area contributed by atoms with E-state index in [0.717, 1.165) is 16.1 Å². The van der Waals surface area contributed by atoms with Gasteiger partial charge in [0.2, 0.25) is 0 Å². The molecule has 2 aromatic rings. The van der Waals surface area contributed by atoms with Gasteiger partial charge >= 0.3 is 0 Å². The van der Waals surface area contributed by atoms with Crippen LogP contribution >= 0.6 is 11.6 Å². The van der Waals surface area contributed by atoms with Gasteiger partial charge in [-0.1, -0.05) is 23.7 Å². The van der Waals surface area contributed by atoms with Gasteiger partial charge in [-0.3, -0.25) is 0 Å². The summed E-state index contributed by atoms with van der Waals surface area (Å²) in [5, 5.41) is 12.7. The molecule has 0 aliphatic rings. The molecule has 1 heterocycles. The average molecular weight is 259 g/mol. The van der Waals surface area contributed by atoms with Crippen LogP contribution < -0.4 is 5.32 Å². The largest absolute Gasteiger partial charge is 0.364 e. The fourth-order valence-electron chi connectivity index (χ4n) is 1.55. The maximum Gasteiger partial charge on any atom is 0.182 e. The predicted molar refractivity (Wildman–Crippen MR) is 70.3 cm³/mol. The van der Waals surface area contributed by atoms with E-state index in [-0.39, 0.29) is 0 Å². The molecule has 2 rings (SSSR count). The molecule has 0 saturated heterocycles. The van der Waals surface area contributed by atoms with Crippen molar-refractivity contribution < 1.29 is 0 Å². The third-order valence-electron chi connectivity index (χ3n) is 2.49. The van der Waals surface area contributed by atoms with E-state index in [2.05, 4.69) is 15.3 Å². The Morgan fingerprint density at radius 2 is 2.11 bits per heavy atom. The van der Waals surface area contributed by atoms with Gasteiger partial charge in [-0.2, -0.15) is 5.26 Å². The standard InChI is InChI=1S/C13H11ClN4/c1-9-6-10(2-3-11(9)14)8-18-13-12(7-15)16-4-5-17-13/h2-6H,8H2,1H3,(H,17,18). The quantitative estimate of drug-likeness (QED) is 0.920. The SMILES string of the molecule is Cc1cc(CNc2nccnc2C#N)ccc1Cl. The number of anilines is 1. The molecule has 0 bridgehead atoms. The fraction of sp³-hybridized carbons (Fsp3) is 0.154. The zero-order valence-corrected chi connectivity index (χ0v) is 10.6. The lowest BCUT2D eigenvalue weighted by Gasteiger charge is -2.07. The Hall–Kier alpha value is -2.12. The number of rotatable bonds is 3. The first-order valence-electron chi connectivity index (χ1n) is 5.40. The highest BCUT2D eigenvalue weighted by Crippen LogP contribution is 2.17. The second-order valence-electron chi connectivity index (χ2n) is 3.80. The highest BCUT2D eigenvalue weighted by atomic mass is 35.5. The molecule has 1 aromatic heterocycles. The summed E-state index contributed by atoms with van der Waals surface area (Å²) in [6.45, 7) is 2.53. The van der Waals surface area contributed by atoms with Crippen molar-refractivity contribution in [1.29, 1.82) is 5.26 Å². The van der Waals surface area contributed by atoms with Crippen LogP contribution in [0.2, 0.25) is 5.02 Å². The second-order valence-corrected chi connectivity index (χ2v) is 4.21. The summed E-state index contributed by atoms with van der Waals surface area (Å²) in [4.78, 5) is 8.02. The van der Waals surface area contributed by atoms with Gasteiger partial charge < -0.3 is 5.32 Å². The first kappa shape index (κ1) is 12.3. The van der Waals surface area contributed by atoms with Gasteiger partial charge in [0, 0.05) is 24.0 Å². The van der Waals surface area contributed by atoms with Crippen molar-refractivity contribution in [3.8, 4) is 6.07 Å². The van der Waals surface area contributed by atoms with Gasteiger partial charge in [-0.15, -0.1) is 0 Å². The molecule has 0 atom stereocenters. The summed E-state index contributed by atoms with van der Waals surface area (Å²) in [5.41, 5.74) is 2.39. The highest BCUT2D eigenvalue weighted by Gasteiger charge is 2.04. The summed E-state index contributed by atoms with van der Waals surface area (Å²) in [7, 11) is 0. The van der Waals surface area contributed by atoms with Gasteiger partial charge in [0.05, 0.1) is 0 Å². The minimum Gasteiger partial charge on any atom is -0.364 e. The molecular formula is C13H11ClN4. The van der Waals surface area contributed by atoms with E-state index < -0.39 is 0 Å². The Morgan fingerprint density at radius 3 is 2.83 bits per heavy atom. The van der Waals surface area contributed by atoms with Crippen molar-refractivity contribution >= 4 is 17.4 Å². The number of nitrogens with zero attached hydrogens (tertiary/aromatic N) is 3. The van der Waals surface area contributed by atoms with E-state index in [1.165, 1.54) is 6.20 Å². The van der Waals surface area contributed by atoms with Crippen LogP contribution in [0.3, 0.4) is 0 Å². The van der Waals surface area contributed by atoms with Gasteiger partial charge in [-0.25, -0.2) is 9.97 Å². The summed E-state index contributed by atoms with van der Waals surface area (Å²) < 4.78 is 0. The predicted octanol–water partition coefficient (Wildman–Crippen LogP) is 2.92. The van der Waals surface area contributed by atoms with E-state index in [1.807, 2.05) is 31.2 Å². The number of aromatic nitrogens is 2. The van der Waals surface area contributed by atoms with Gasteiger partial charge in [0.1, 0.15) is 6.07 Å².